The summed E-state index contributed by atoms with van der Waals surface area (Å²) in [7, 11) is -3.12. The number of carbonyl (C=O) groups excluding carboxylic acids is 1. The number of sulfone groups is 1. The predicted octanol–water partition coefficient (Wildman–Crippen LogP) is 2.05. The highest BCUT2D eigenvalue weighted by atomic mass is 32.2. The number of anilines is 1. The maximum absolute atomic E-state index is 12.5. The molecule has 2 aliphatic heterocycles. The van der Waals surface area contributed by atoms with Crippen molar-refractivity contribution in [1.82, 2.24) is 4.98 Å². The molecule has 0 spiro atoms. The van der Waals surface area contributed by atoms with Gasteiger partial charge in [-0.15, -0.1) is 0 Å². The Bertz CT molecular complexity index is 1120. The molecule has 1 saturated heterocycles. The molecule has 2 aromatic heterocycles. The average Bonchev–Trinajstić information content (AvgIpc) is 3.24. The van der Waals surface area contributed by atoms with Gasteiger partial charge < -0.3 is 19.2 Å². The van der Waals surface area contributed by atoms with Gasteiger partial charge in [-0.25, -0.2) is 23.2 Å². The lowest BCUT2D eigenvalue weighted by Crippen LogP contribution is -2.40. The molecular weight excluding hydrogens is 398 g/mol. The van der Waals surface area contributed by atoms with Gasteiger partial charge in [0.1, 0.15) is 0 Å². The first-order valence-electron chi connectivity index (χ1n) is 9.09. The zero-order valence-corrected chi connectivity index (χ0v) is 16.5. The molecule has 1 fully saturated rings. The van der Waals surface area contributed by atoms with Crippen molar-refractivity contribution in [3.63, 3.8) is 0 Å². The lowest BCUT2D eigenvalue weighted by atomic mass is 10.1. The Kier molecular flexibility index (Phi) is 4.87. The van der Waals surface area contributed by atoms with Crippen LogP contribution in [0.1, 0.15) is 28.6 Å². The first kappa shape index (κ1) is 19.2. The molecular formula is C19H19N3O6S. The topological polar surface area (TPSA) is 122 Å². The molecule has 0 atom stereocenters. The van der Waals surface area contributed by atoms with E-state index in [1.807, 2.05) is 6.07 Å². The number of nitrogens with zero attached hydrogens (tertiary/aromatic N) is 3. The van der Waals surface area contributed by atoms with Crippen molar-refractivity contribution in [3.8, 4) is 5.75 Å². The van der Waals surface area contributed by atoms with Crippen LogP contribution < -0.4 is 4.90 Å². The van der Waals surface area contributed by atoms with Gasteiger partial charge in [0.15, 0.2) is 32.7 Å². The van der Waals surface area contributed by atoms with E-state index < -0.39 is 15.8 Å². The van der Waals surface area contributed by atoms with Crippen LogP contribution in [-0.4, -0.2) is 61.9 Å². The monoisotopic (exact) mass is 417 g/mol. The van der Waals surface area contributed by atoms with Crippen molar-refractivity contribution < 1.29 is 27.5 Å². The Hall–Kier alpha value is -3.14. The second-order valence-electron chi connectivity index (χ2n) is 6.59. The number of esters is 1. The number of hydrogen-bond donors (Lipinski definition) is 1. The fourth-order valence-corrected chi connectivity index (χ4v) is 4.43. The minimum atomic E-state index is -3.12. The van der Waals surface area contributed by atoms with E-state index in [-0.39, 0.29) is 54.2 Å². The Balaban J connectivity index is 1.76. The molecule has 4 heterocycles. The van der Waals surface area contributed by atoms with Gasteiger partial charge in [-0.2, -0.15) is 0 Å². The number of furan rings is 1. The van der Waals surface area contributed by atoms with Crippen molar-refractivity contribution in [1.29, 1.82) is 0 Å². The maximum Gasteiger partial charge on any atom is 0.347 e. The van der Waals surface area contributed by atoms with Crippen LogP contribution in [0.4, 0.5) is 11.7 Å². The van der Waals surface area contributed by atoms with Gasteiger partial charge in [-0.05, 0) is 25.1 Å². The highest BCUT2D eigenvalue weighted by Crippen LogP contribution is 2.40. The van der Waals surface area contributed by atoms with Crippen LogP contribution in [-0.2, 0) is 14.6 Å². The molecule has 10 heteroatoms. The van der Waals surface area contributed by atoms with E-state index in [1.54, 1.807) is 36.4 Å². The van der Waals surface area contributed by atoms with Crippen LogP contribution in [0.3, 0.4) is 0 Å². The third-order valence-electron chi connectivity index (χ3n) is 4.71. The Morgan fingerprint density at radius 3 is 2.86 bits per heavy atom. The number of allylic oxidation sites excluding steroid dienone is 1. The van der Waals surface area contributed by atoms with E-state index in [0.717, 1.165) is 5.56 Å². The highest BCUT2D eigenvalue weighted by molar-refractivity contribution is 7.91. The van der Waals surface area contributed by atoms with Gasteiger partial charge in [0.05, 0.1) is 18.1 Å². The van der Waals surface area contributed by atoms with Crippen molar-refractivity contribution >= 4 is 45.4 Å². The quantitative estimate of drug-likeness (QED) is 0.750. The molecule has 2 aromatic rings. The van der Waals surface area contributed by atoms with Crippen molar-refractivity contribution in [3.05, 3.63) is 35.2 Å². The second-order valence-corrected chi connectivity index (χ2v) is 8.89. The SMILES string of the molecule is CCOC(=O)c1c(N2CCS(=O)(=O)CC2)oc(C=C2C=Nc3ncccc32)c1O. The molecule has 152 valence electrons. The van der Waals surface area contributed by atoms with Crippen molar-refractivity contribution in [2.24, 2.45) is 4.99 Å². The Labute approximate surface area is 167 Å². The Morgan fingerprint density at radius 1 is 1.38 bits per heavy atom. The predicted molar refractivity (Wildman–Crippen MR) is 107 cm³/mol. The third kappa shape index (κ3) is 3.63. The van der Waals surface area contributed by atoms with Gasteiger partial charge in [0, 0.05) is 36.6 Å². The number of hydrogen-bond acceptors (Lipinski definition) is 9. The number of carbonyl (C=O) groups is 1. The molecule has 0 aromatic carbocycles. The summed E-state index contributed by atoms with van der Waals surface area (Å²) in [5, 5.41) is 10.7. The first-order valence-corrected chi connectivity index (χ1v) is 10.9. The van der Waals surface area contributed by atoms with Crippen LogP contribution in [0.2, 0.25) is 0 Å². The van der Waals surface area contributed by atoms with Crippen molar-refractivity contribution in [2.75, 3.05) is 36.1 Å². The summed E-state index contributed by atoms with van der Waals surface area (Å²) in [5.41, 5.74) is 1.33. The average molecular weight is 417 g/mol. The molecule has 0 bridgehead atoms. The number of rotatable bonds is 4. The van der Waals surface area contributed by atoms with Gasteiger partial charge in [-0.1, -0.05) is 0 Å². The molecule has 29 heavy (non-hydrogen) atoms. The standard InChI is InChI=1S/C19H19N3O6S/c1-2-27-19(24)15-16(23)14(10-12-11-21-17-13(12)4-3-5-20-17)28-18(15)22-6-8-29(25,26)9-7-22/h3-5,10-11,23H,2,6-9H2,1H3. The summed E-state index contributed by atoms with van der Waals surface area (Å²) in [6.45, 7) is 2.10. The summed E-state index contributed by atoms with van der Waals surface area (Å²) in [4.78, 5) is 22.5. The van der Waals surface area contributed by atoms with Crippen molar-refractivity contribution in [2.45, 2.75) is 6.92 Å². The number of ether oxygens (including phenoxy) is 1. The number of aromatic hydroxyl groups is 1. The number of pyridine rings is 1. The Morgan fingerprint density at radius 2 is 2.14 bits per heavy atom. The molecule has 0 aliphatic carbocycles. The van der Waals surface area contributed by atoms with Gasteiger partial charge >= 0.3 is 5.97 Å². The van der Waals surface area contributed by atoms with E-state index in [2.05, 4.69) is 9.98 Å². The molecule has 0 unspecified atom stereocenters. The van der Waals surface area contributed by atoms with Gasteiger partial charge in [0.2, 0.25) is 5.88 Å². The summed E-state index contributed by atoms with van der Waals surface area (Å²) in [5.74, 6) is -0.484. The molecule has 0 amide bonds. The number of aliphatic imine (C=N–C) groups is 1. The summed E-state index contributed by atoms with van der Waals surface area (Å²) in [6.07, 6.45) is 4.79. The molecule has 0 radical (unpaired) electrons. The smallest absolute Gasteiger partial charge is 0.347 e. The van der Waals surface area contributed by atoms with E-state index in [1.165, 1.54) is 0 Å². The highest BCUT2D eigenvalue weighted by Gasteiger charge is 2.33. The normalized spacial score (nSPS) is 18.8. The third-order valence-corrected chi connectivity index (χ3v) is 6.32. The van der Waals surface area contributed by atoms with Crippen LogP contribution in [0.15, 0.2) is 27.7 Å². The largest absolute Gasteiger partial charge is 0.504 e. The lowest BCUT2D eigenvalue weighted by Gasteiger charge is -2.26. The second kappa shape index (κ2) is 7.36. The molecule has 4 rings (SSSR count). The summed E-state index contributed by atoms with van der Waals surface area (Å²) >= 11 is 0. The molecule has 9 nitrogen and oxygen atoms in total. The minimum absolute atomic E-state index is 0.0567. The van der Waals surface area contributed by atoms with Crippen LogP contribution >= 0.6 is 0 Å². The van der Waals surface area contributed by atoms with Gasteiger partial charge in [0.25, 0.3) is 0 Å². The van der Waals surface area contributed by atoms with Crippen LogP contribution in [0.25, 0.3) is 11.6 Å². The summed E-state index contributed by atoms with van der Waals surface area (Å²) < 4.78 is 34.4. The van der Waals surface area contributed by atoms with E-state index >= 15 is 0 Å². The molecule has 1 N–H and O–H groups in total. The fraction of sp³-hybridized carbons (Fsp3) is 0.316. The minimum Gasteiger partial charge on any atom is -0.504 e. The number of fused-ring (bicyclic) bond motifs is 1. The molecule has 2 aliphatic rings. The van der Waals surface area contributed by atoms with E-state index in [4.69, 9.17) is 9.15 Å². The zero-order chi connectivity index (χ0) is 20.6. The zero-order valence-electron chi connectivity index (χ0n) is 15.7. The summed E-state index contributed by atoms with van der Waals surface area (Å²) in [6, 6.07) is 3.61. The fourth-order valence-electron chi connectivity index (χ4n) is 3.23. The van der Waals surface area contributed by atoms with E-state index in [9.17, 15) is 18.3 Å². The first-order chi connectivity index (χ1) is 13.9. The van der Waals surface area contributed by atoms with Crippen LogP contribution in [0, 0.1) is 0 Å². The number of aromatic nitrogens is 1. The molecule has 0 saturated carbocycles. The lowest BCUT2D eigenvalue weighted by molar-refractivity contribution is 0.0523. The maximum atomic E-state index is 12.5. The van der Waals surface area contributed by atoms with Gasteiger partial charge in [-0.3, -0.25) is 0 Å². The van der Waals surface area contributed by atoms with E-state index in [0.29, 0.717) is 11.4 Å². The van der Waals surface area contributed by atoms with Crippen LogP contribution in [0.5, 0.6) is 5.75 Å².